The fourth-order valence-electron chi connectivity index (χ4n) is 2.36. The van der Waals surface area contributed by atoms with Crippen LogP contribution in [0.15, 0.2) is 0 Å². The standard InChI is InChI=1S/C16H22NO3SSi/c1-5-9-10-14-11(17-16(21-14)20-8-4)12(18-6-2)13(15(10)22)19-7-3/h5-9H2,1-4H3. The molecule has 1 aromatic heterocycles. The van der Waals surface area contributed by atoms with Crippen LogP contribution < -0.4 is 19.4 Å². The molecule has 0 amide bonds. The number of benzene rings is 1. The first-order chi connectivity index (χ1) is 10.7. The van der Waals surface area contributed by atoms with Crippen LogP contribution in [0.2, 0.25) is 0 Å². The van der Waals surface area contributed by atoms with E-state index in [0.717, 1.165) is 34.0 Å². The summed E-state index contributed by atoms with van der Waals surface area (Å²) in [6.07, 6.45) is 2.00. The third kappa shape index (κ3) is 3.22. The maximum absolute atomic E-state index is 5.84. The molecule has 1 aromatic carbocycles. The van der Waals surface area contributed by atoms with Gasteiger partial charge in [0.2, 0.25) is 0 Å². The molecule has 0 aliphatic carbocycles. The van der Waals surface area contributed by atoms with Gasteiger partial charge >= 0.3 is 0 Å². The Morgan fingerprint density at radius 2 is 1.59 bits per heavy atom. The van der Waals surface area contributed by atoms with Crippen molar-refractivity contribution in [3.63, 3.8) is 0 Å². The van der Waals surface area contributed by atoms with Crippen LogP contribution in [0.25, 0.3) is 10.2 Å². The number of fused-ring (bicyclic) bond motifs is 1. The van der Waals surface area contributed by atoms with Crippen molar-refractivity contribution in [2.75, 3.05) is 19.8 Å². The molecule has 2 rings (SSSR count). The maximum atomic E-state index is 5.84. The number of thiazole rings is 1. The molecule has 3 radical (unpaired) electrons. The summed E-state index contributed by atoms with van der Waals surface area (Å²) in [5.41, 5.74) is 2.05. The highest BCUT2D eigenvalue weighted by atomic mass is 32.1. The Balaban J connectivity index is 2.73. The summed E-state index contributed by atoms with van der Waals surface area (Å²) in [6, 6.07) is 0. The third-order valence-electron chi connectivity index (χ3n) is 3.18. The maximum Gasteiger partial charge on any atom is 0.274 e. The number of hydrogen-bond donors (Lipinski definition) is 0. The van der Waals surface area contributed by atoms with Gasteiger partial charge in [0, 0.05) is 0 Å². The van der Waals surface area contributed by atoms with Crippen molar-refractivity contribution in [3.05, 3.63) is 5.56 Å². The Kier molecular flexibility index (Phi) is 6.08. The molecule has 22 heavy (non-hydrogen) atoms. The van der Waals surface area contributed by atoms with Crippen LogP contribution in [0.3, 0.4) is 0 Å². The van der Waals surface area contributed by atoms with E-state index in [9.17, 15) is 0 Å². The second kappa shape index (κ2) is 7.83. The first-order valence-corrected chi connectivity index (χ1v) is 9.08. The first-order valence-electron chi connectivity index (χ1n) is 7.77. The van der Waals surface area contributed by atoms with Crippen molar-refractivity contribution in [1.29, 1.82) is 0 Å². The summed E-state index contributed by atoms with van der Waals surface area (Å²) < 4.78 is 18.4. The van der Waals surface area contributed by atoms with Gasteiger partial charge < -0.3 is 14.2 Å². The van der Waals surface area contributed by atoms with Gasteiger partial charge in [-0.1, -0.05) is 24.7 Å². The summed E-state index contributed by atoms with van der Waals surface area (Å²) >= 11 is 1.57. The van der Waals surface area contributed by atoms with E-state index in [1.807, 2.05) is 20.8 Å². The summed E-state index contributed by atoms with van der Waals surface area (Å²) in [6.45, 7) is 9.81. The van der Waals surface area contributed by atoms with Crippen LogP contribution in [0.5, 0.6) is 16.7 Å². The molecule has 0 aliphatic heterocycles. The average Bonchev–Trinajstić information content (AvgIpc) is 2.91. The number of aryl methyl sites for hydroxylation is 1. The minimum absolute atomic E-state index is 0.565. The SMILES string of the molecule is CCCc1c([Si])c(OCC)c(OCC)c2nc(OCC)sc12. The lowest BCUT2D eigenvalue weighted by molar-refractivity contribution is 0.292. The van der Waals surface area contributed by atoms with Gasteiger partial charge in [0.25, 0.3) is 5.19 Å². The van der Waals surface area contributed by atoms with E-state index in [4.69, 9.17) is 14.2 Å². The Labute approximate surface area is 139 Å². The molecule has 0 fully saturated rings. The fourth-order valence-corrected chi connectivity index (χ4v) is 3.94. The lowest BCUT2D eigenvalue weighted by Crippen LogP contribution is -2.17. The van der Waals surface area contributed by atoms with Crippen LogP contribution >= 0.6 is 11.3 Å². The van der Waals surface area contributed by atoms with Crippen LogP contribution in [0.4, 0.5) is 0 Å². The van der Waals surface area contributed by atoms with Gasteiger partial charge in [-0.2, -0.15) is 4.98 Å². The number of aromatic nitrogens is 1. The van der Waals surface area contributed by atoms with Crippen molar-refractivity contribution in [3.8, 4) is 16.7 Å². The smallest absolute Gasteiger partial charge is 0.274 e. The fraction of sp³-hybridized carbons (Fsp3) is 0.562. The lowest BCUT2D eigenvalue weighted by Gasteiger charge is -2.17. The topological polar surface area (TPSA) is 40.6 Å². The van der Waals surface area contributed by atoms with Crippen molar-refractivity contribution in [2.45, 2.75) is 40.5 Å². The predicted octanol–water partition coefficient (Wildman–Crippen LogP) is 3.24. The number of ether oxygens (including phenoxy) is 3. The van der Waals surface area contributed by atoms with Crippen LogP contribution in [0.1, 0.15) is 39.7 Å². The normalized spacial score (nSPS) is 11.0. The van der Waals surface area contributed by atoms with E-state index in [0.29, 0.717) is 30.8 Å². The zero-order chi connectivity index (χ0) is 16.1. The third-order valence-corrected chi connectivity index (χ3v) is 4.73. The zero-order valence-corrected chi connectivity index (χ0v) is 15.4. The van der Waals surface area contributed by atoms with Gasteiger partial charge in [0.15, 0.2) is 11.5 Å². The minimum atomic E-state index is 0.565. The van der Waals surface area contributed by atoms with E-state index >= 15 is 0 Å². The molecule has 2 aromatic rings. The van der Waals surface area contributed by atoms with Crippen molar-refractivity contribution in [1.82, 2.24) is 4.98 Å². The molecule has 0 unspecified atom stereocenters. The second-order valence-corrected chi connectivity index (χ2v) is 6.18. The first kappa shape index (κ1) is 17.1. The van der Waals surface area contributed by atoms with E-state index < -0.39 is 0 Å². The van der Waals surface area contributed by atoms with Gasteiger partial charge in [-0.05, 0) is 37.9 Å². The van der Waals surface area contributed by atoms with Gasteiger partial charge in [-0.25, -0.2) is 0 Å². The average molecular weight is 337 g/mol. The van der Waals surface area contributed by atoms with Gasteiger partial charge in [0.05, 0.1) is 34.8 Å². The van der Waals surface area contributed by atoms with E-state index in [1.54, 1.807) is 11.3 Å². The molecule has 0 saturated heterocycles. The van der Waals surface area contributed by atoms with Crippen molar-refractivity contribution >= 4 is 37.0 Å². The highest BCUT2D eigenvalue weighted by Crippen LogP contribution is 2.41. The van der Waals surface area contributed by atoms with E-state index in [-0.39, 0.29) is 0 Å². The number of hydrogen-bond acceptors (Lipinski definition) is 5. The van der Waals surface area contributed by atoms with Crippen LogP contribution in [0, 0.1) is 0 Å². The highest BCUT2D eigenvalue weighted by molar-refractivity contribution is 7.20. The molecule has 0 spiro atoms. The van der Waals surface area contributed by atoms with Gasteiger partial charge in [0.1, 0.15) is 5.52 Å². The second-order valence-electron chi connectivity index (χ2n) is 4.72. The van der Waals surface area contributed by atoms with E-state index in [1.165, 1.54) is 5.56 Å². The molecular weight excluding hydrogens is 314 g/mol. The summed E-state index contributed by atoms with van der Waals surface area (Å²) in [4.78, 5) is 4.62. The van der Waals surface area contributed by atoms with Crippen LogP contribution in [-0.4, -0.2) is 35.0 Å². The Morgan fingerprint density at radius 1 is 0.955 bits per heavy atom. The van der Waals surface area contributed by atoms with Crippen molar-refractivity contribution < 1.29 is 14.2 Å². The van der Waals surface area contributed by atoms with Gasteiger partial charge in [-0.15, -0.1) is 0 Å². The van der Waals surface area contributed by atoms with Crippen molar-refractivity contribution in [2.24, 2.45) is 0 Å². The molecule has 0 aliphatic rings. The Hall–Kier alpha value is -1.27. The molecular formula is C16H22NO3SSi. The molecule has 119 valence electrons. The Morgan fingerprint density at radius 3 is 2.18 bits per heavy atom. The predicted molar refractivity (Wildman–Crippen MR) is 92.5 cm³/mol. The molecule has 6 heteroatoms. The zero-order valence-electron chi connectivity index (χ0n) is 13.6. The molecule has 0 N–H and O–H groups in total. The summed E-state index contributed by atoms with van der Waals surface area (Å²) in [5, 5.41) is 1.64. The minimum Gasteiger partial charge on any atom is -0.490 e. The molecule has 1 heterocycles. The quantitative estimate of drug-likeness (QED) is 0.694. The Bertz CT molecular complexity index is 642. The highest BCUT2D eigenvalue weighted by Gasteiger charge is 2.22. The molecule has 0 bridgehead atoms. The lowest BCUT2D eigenvalue weighted by atomic mass is 10.1. The monoisotopic (exact) mass is 336 g/mol. The van der Waals surface area contributed by atoms with Gasteiger partial charge in [-0.3, -0.25) is 0 Å². The summed E-state index contributed by atoms with van der Waals surface area (Å²) in [7, 11) is 3.77. The molecule has 0 saturated carbocycles. The molecule has 4 nitrogen and oxygen atoms in total. The number of rotatable bonds is 8. The van der Waals surface area contributed by atoms with E-state index in [2.05, 4.69) is 22.2 Å². The summed E-state index contributed by atoms with van der Waals surface area (Å²) in [5.74, 6) is 1.44. The van der Waals surface area contributed by atoms with Crippen LogP contribution in [-0.2, 0) is 6.42 Å². The number of nitrogens with zero attached hydrogens (tertiary/aromatic N) is 1. The largest absolute Gasteiger partial charge is 0.490 e. The molecule has 0 atom stereocenters.